The zero-order chi connectivity index (χ0) is 19.4. The molecule has 0 radical (unpaired) electrons. The van der Waals surface area contributed by atoms with Crippen LogP contribution in [0.2, 0.25) is 0 Å². The average molecular weight is 366 g/mol. The molecule has 0 spiro atoms. The Hall–Kier alpha value is -3.61. The van der Waals surface area contributed by atoms with Crippen molar-refractivity contribution in [3.05, 3.63) is 59.7 Å². The number of hydrogen-bond acceptors (Lipinski definition) is 5. The summed E-state index contributed by atoms with van der Waals surface area (Å²) in [5.41, 5.74) is 0.672. The van der Waals surface area contributed by atoms with E-state index in [1.54, 1.807) is 24.3 Å². The summed E-state index contributed by atoms with van der Waals surface area (Å²) in [6.45, 7) is 2.55. The summed E-state index contributed by atoms with van der Waals surface area (Å²) in [5.74, 6) is -0.880. The van der Waals surface area contributed by atoms with E-state index in [2.05, 4.69) is 5.32 Å². The van der Waals surface area contributed by atoms with Gasteiger partial charge in [-0.25, -0.2) is 9.69 Å². The van der Waals surface area contributed by atoms with Gasteiger partial charge in [0.05, 0.1) is 12.3 Å². The molecule has 0 bridgehead atoms. The molecule has 1 heterocycles. The van der Waals surface area contributed by atoms with E-state index >= 15 is 0 Å². The molecule has 3 rings (SSSR count). The number of urea groups is 1. The number of amides is 4. The van der Waals surface area contributed by atoms with Gasteiger partial charge in [-0.05, 0) is 54.5 Å². The number of nitrogens with one attached hydrogen (secondary N) is 1. The molecule has 0 aromatic heterocycles. The van der Waals surface area contributed by atoms with Gasteiger partial charge in [-0.1, -0.05) is 19.1 Å². The quantitative estimate of drug-likeness (QED) is 0.627. The van der Waals surface area contributed by atoms with Crippen LogP contribution in [-0.4, -0.2) is 29.6 Å². The fraction of sp³-hybridized carbons (Fsp3) is 0.150. The van der Waals surface area contributed by atoms with Crippen molar-refractivity contribution >= 4 is 29.6 Å². The van der Waals surface area contributed by atoms with Crippen LogP contribution in [0.3, 0.4) is 0 Å². The molecule has 1 fully saturated rings. The van der Waals surface area contributed by atoms with Crippen LogP contribution in [0.4, 0.5) is 10.5 Å². The maximum atomic E-state index is 12.8. The summed E-state index contributed by atoms with van der Waals surface area (Å²) in [6, 6.07) is 11.7. The van der Waals surface area contributed by atoms with Crippen molar-refractivity contribution in [1.82, 2.24) is 5.32 Å². The first kappa shape index (κ1) is 18.2. The zero-order valence-corrected chi connectivity index (χ0v) is 14.6. The van der Waals surface area contributed by atoms with E-state index in [4.69, 9.17) is 4.74 Å². The van der Waals surface area contributed by atoms with Gasteiger partial charge in [0, 0.05) is 0 Å². The number of hydrogen-bond donors (Lipinski definition) is 2. The van der Waals surface area contributed by atoms with Crippen molar-refractivity contribution in [3.8, 4) is 11.5 Å². The van der Waals surface area contributed by atoms with Crippen LogP contribution in [-0.2, 0) is 9.59 Å². The second kappa shape index (κ2) is 7.74. The third kappa shape index (κ3) is 3.98. The SMILES string of the molecule is CCCOc1cccc(/C=C2/C(=O)NC(=O)N(c3ccc(O)cc3)C2=O)c1. The van der Waals surface area contributed by atoms with Crippen molar-refractivity contribution in [2.45, 2.75) is 13.3 Å². The highest BCUT2D eigenvalue weighted by Gasteiger charge is 2.36. The first-order valence-electron chi connectivity index (χ1n) is 8.43. The molecular formula is C20H18N2O5. The maximum Gasteiger partial charge on any atom is 0.335 e. The van der Waals surface area contributed by atoms with Gasteiger partial charge < -0.3 is 9.84 Å². The third-order valence-corrected chi connectivity index (χ3v) is 3.85. The molecule has 4 amide bonds. The summed E-state index contributed by atoms with van der Waals surface area (Å²) in [4.78, 5) is 37.9. The number of nitrogens with zero attached hydrogens (tertiary/aromatic N) is 1. The molecule has 7 nitrogen and oxygen atoms in total. The smallest absolute Gasteiger partial charge is 0.335 e. The van der Waals surface area contributed by atoms with E-state index < -0.39 is 17.8 Å². The Morgan fingerprint density at radius 2 is 1.85 bits per heavy atom. The monoisotopic (exact) mass is 366 g/mol. The van der Waals surface area contributed by atoms with E-state index in [1.807, 2.05) is 6.92 Å². The third-order valence-electron chi connectivity index (χ3n) is 3.85. The Labute approximate surface area is 155 Å². The lowest BCUT2D eigenvalue weighted by molar-refractivity contribution is -0.122. The first-order valence-corrected chi connectivity index (χ1v) is 8.43. The average Bonchev–Trinajstić information content (AvgIpc) is 2.65. The highest BCUT2D eigenvalue weighted by atomic mass is 16.5. The number of carbonyl (C=O) groups excluding carboxylic acids is 3. The molecule has 0 saturated carbocycles. The van der Waals surface area contributed by atoms with Gasteiger partial charge in [0.1, 0.15) is 17.1 Å². The number of barbiturate groups is 1. The predicted molar refractivity (Wildman–Crippen MR) is 99.3 cm³/mol. The van der Waals surface area contributed by atoms with Gasteiger partial charge in [-0.3, -0.25) is 14.9 Å². The number of benzene rings is 2. The Morgan fingerprint density at radius 3 is 2.56 bits per heavy atom. The van der Waals surface area contributed by atoms with Crippen LogP contribution in [0, 0.1) is 0 Å². The second-order valence-corrected chi connectivity index (χ2v) is 5.90. The largest absolute Gasteiger partial charge is 0.508 e. The molecule has 2 N–H and O–H groups in total. The number of aromatic hydroxyl groups is 1. The number of ether oxygens (including phenoxy) is 1. The lowest BCUT2D eigenvalue weighted by Gasteiger charge is -2.26. The van der Waals surface area contributed by atoms with Gasteiger partial charge >= 0.3 is 6.03 Å². The molecule has 1 aliphatic rings. The molecule has 0 atom stereocenters. The highest BCUT2D eigenvalue weighted by Crippen LogP contribution is 2.24. The van der Waals surface area contributed by atoms with Crippen molar-refractivity contribution in [3.63, 3.8) is 0 Å². The molecule has 0 unspecified atom stereocenters. The number of rotatable bonds is 5. The maximum absolute atomic E-state index is 12.8. The Kier molecular flexibility index (Phi) is 5.21. The van der Waals surface area contributed by atoms with E-state index in [0.29, 0.717) is 17.9 Å². The molecule has 27 heavy (non-hydrogen) atoms. The van der Waals surface area contributed by atoms with Gasteiger partial charge in [0.25, 0.3) is 11.8 Å². The molecule has 0 aliphatic carbocycles. The fourth-order valence-corrected chi connectivity index (χ4v) is 2.57. The van der Waals surface area contributed by atoms with Crippen LogP contribution < -0.4 is 15.0 Å². The van der Waals surface area contributed by atoms with Crippen LogP contribution in [0.5, 0.6) is 11.5 Å². The summed E-state index contributed by atoms with van der Waals surface area (Å²) >= 11 is 0. The van der Waals surface area contributed by atoms with Gasteiger partial charge in [-0.15, -0.1) is 0 Å². The Morgan fingerprint density at radius 1 is 1.11 bits per heavy atom. The van der Waals surface area contributed by atoms with E-state index in [0.717, 1.165) is 11.3 Å². The molecule has 7 heteroatoms. The lowest BCUT2D eigenvalue weighted by atomic mass is 10.1. The highest BCUT2D eigenvalue weighted by molar-refractivity contribution is 6.39. The van der Waals surface area contributed by atoms with E-state index in [9.17, 15) is 19.5 Å². The van der Waals surface area contributed by atoms with Crippen LogP contribution in [0.15, 0.2) is 54.1 Å². The summed E-state index contributed by atoms with van der Waals surface area (Å²) in [7, 11) is 0. The van der Waals surface area contributed by atoms with Crippen molar-refractivity contribution in [2.24, 2.45) is 0 Å². The number of phenols is 1. The minimum atomic E-state index is -0.840. The van der Waals surface area contributed by atoms with Crippen molar-refractivity contribution in [2.75, 3.05) is 11.5 Å². The van der Waals surface area contributed by atoms with Crippen molar-refractivity contribution < 1.29 is 24.2 Å². The topological polar surface area (TPSA) is 95.9 Å². The van der Waals surface area contributed by atoms with Crippen LogP contribution in [0.1, 0.15) is 18.9 Å². The minimum Gasteiger partial charge on any atom is -0.508 e. The second-order valence-electron chi connectivity index (χ2n) is 5.90. The normalized spacial score (nSPS) is 15.8. The Bertz CT molecular complexity index is 918. The number of phenolic OH excluding ortho intramolecular Hbond substituents is 1. The fourth-order valence-electron chi connectivity index (χ4n) is 2.57. The number of carbonyl (C=O) groups is 3. The van der Waals surface area contributed by atoms with Gasteiger partial charge in [-0.2, -0.15) is 0 Å². The number of imide groups is 2. The zero-order valence-electron chi connectivity index (χ0n) is 14.6. The van der Waals surface area contributed by atoms with E-state index in [-0.39, 0.29) is 17.0 Å². The van der Waals surface area contributed by atoms with Crippen LogP contribution >= 0.6 is 0 Å². The molecule has 138 valence electrons. The summed E-state index contributed by atoms with van der Waals surface area (Å²) in [5, 5.41) is 11.5. The molecule has 1 saturated heterocycles. The summed E-state index contributed by atoms with van der Waals surface area (Å²) < 4.78 is 5.55. The molecular weight excluding hydrogens is 348 g/mol. The summed E-state index contributed by atoms with van der Waals surface area (Å²) in [6.07, 6.45) is 2.27. The lowest BCUT2D eigenvalue weighted by Crippen LogP contribution is -2.54. The van der Waals surface area contributed by atoms with Gasteiger partial charge in [0.2, 0.25) is 0 Å². The Balaban J connectivity index is 1.93. The first-order chi connectivity index (χ1) is 13.0. The minimum absolute atomic E-state index is 0.000599. The van der Waals surface area contributed by atoms with Gasteiger partial charge in [0.15, 0.2) is 0 Å². The predicted octanol–water partition coefficient (Wildman–Crippen LogP) is 2.85. The molecule has 2 aromatic carbocycles. The van der Waals surface area contributed by atoms with Crippen LogP contribution in [0.25, 0.3) is 6.08 Å². The molecule has 1 aliphatic heterocycles. The van der Waals surface area contributed by atoms with E-state index in [1.165, 1.54) is 30.3 Å². The molecule has 2 aromatic rings. The number of anilines is 1. The standard InChI is InChI=1S/C20H18N2O5/c1-2-10-27-16-5-3-4-13(11-16)12-17-18(24)21-20(26)22(19(17)25)14-6-8-15(23)9-7-14/h3-9,11-12,23H,2,10H2,1H3,(H,21,24,26)/b17-12-. The van der Waals surface area contributed by atoms with Crippen molar-refractivity contribution in [1.29, 1.82) is 0 Å².